The van der Waals surface area contributed by atoms with Crippen LogP contribution in [0.3, 0.4) is 0 Å². The van der Waals surface area contributed by atoms with Gasteiger partial charge in [-0.15, -0.1) is 0 Å². The number of rotatable bonds is 5. The Morgan fingerprint density at radius 1 is 1.67 bits per heavy atom. The van der Waals surface area contributed by atoms with Gasteiger partial charge in [0.05, 0.1) is 12.2 Å². The minimum Gasteiger partial charge on any atom is -0.350 e. The fourth-order valence-electron chi connectivity index (χ4n) is 1.06. The molecule has 1 aromatic rings. The lowest BCUT2D eigenvalue weighted by Crippen LogP contribution is -2.25. The number of nitrogens with zero attached hydrogens (tertiary/aromatic N) is 2. The van der Waals surface area contributed by atoms with Crippen molar-refractivity contribution in [1.29, 1.82) is 0 Å². The van der Waals surface area contributed by atoms with E-state index in [9.17, 15) is 4.79 Å². The summed E-state index contributed by atoms with van der Waals surface area (Å²) in [6.45, 7) is 2.31. The van der Waals surface area contributed by atoms with E-state index in [-0.39, 0.29) is 11.9 Å². The lowest BCUT2D eigenvalue weighted by atomic mass is 10.2. The van der Waals surface area contributed by atoms with Crippen molar-refractivity contribution < 1.29 is 4.79 Å². The summed E-state index contributed by atoms with van der Waals surface area (Å²) in [7, 11) is 0. The third kappa shape index (κ3) is 5.07. The highest BCUT2D eigenvalue weighted by molar-refractivity contribution is 5.75. The standard InChI is InChI=1S/C10H16N4O/c1-8(11)4-5-10(15)12-7-9-3-2-6-13-14-9/h2-3,6,8H,4-5,7,11H2,1H3,(H,12,15). The van der Waals surface area contributed by atoms with E-state index in [1.807, 2.05) is 13.0 Å². The predicted octanol–water partition coefficient (Wildman–Crippen LogP) is 0.220. The maximum Gasteiger partial charge on any atom is 0.220 e. The Morgan fingerprint density at radius 2 is 2.47 bits per heavy atom. The highest BCUT2D eigenvalue weighted by Gasteiger charge is 2.03. The smallest absolute Gasteiger partial charge is 0.220 e. The van der Waals surface area contributed by atoms with Crippen molar-refractivity contribution in [3.63, 3.8) is 0 Å². The molecule has 0 aliphatic carbocycles. The first kappa shape index (κ1) is 11.6. The Labute approximate surface area is 89.1 Å². The van der Waals surface area contributed by atoms with Crippen molar-refractivity contribution >= 4 is 5.91 Å². The molecule has 1 heterocycles. The van der Waals surface area contributed by atoms with Gasteiger partial charge in [0.1, 0.15) is 0 Å². The Bertz CT molecular complexity index is 300. The van der Waals surface area contributed by atoms with Crippen LogP contribution < -0.4 is 11.1 Å². The highest BCUT2D eigenvalue weighted by Crippen LogP contribution is 1.95. The van der Waals surface area contributed by atoms with Gasteiger partial charge in [-0.05, 0) is 25.5 Å². The van der Waals surface area contributed by atoms with E-state index in [2.05, 4.69) is 15.5 Å². The Morgan fingerprint density at radius 3 is 3.07 bits per heavy atom. The summed E-state index contributed by atoms with van der Waals surface area (Å²) in [6.07, 6.45) is 2.76. The van der Waals surface area contributed by atoms with Crippen molar-refractivity contribution in [2.45, 2.75) is 32.4 Å². The molecule has 0 bridgehead atoms. The maximum absolute atomic E-state index is 11.3. The lowest BCUT2D eigenvalue weighted by Gasteiger charge is -2.05. The van der Waals surface area contributed by atoms with Gasteiger partial charge in [0.15, 0.2) is 0 Å². The molecule has 0 aromatic carbocycles. The van der Waals surface area contributed by atoms with E-state index in [0.29, 0.717) is 19.4 Å². The van der Waals surface area contributed by atoms with Gasteiger partial charge in [0.2, 0.25) is 5.91 Å². The molecule has 5 nitrogen and oxygen atoms in total. The van der Waals surface area contributed by atoms with Gasteiger partial charge >= 0.3 is 0 Å². The van der Waals surface area contributed by atoms with Crippen LogP contribution in [-0.2, 0) is 11.3 Å². The molecule has 15 heavy (non-hydrogen) atoms. The summed E-state index contributed by atoms with van der Waals surface area (Å²) >= 11 is 0. The third-order valence-electron chi connectivity index (χ3n) is 1.92. The quantitative estimate of drug-likeness (QED) is 0.725. The van der Waals surface area contributed by atoms with Gasteiger partial charge in [-0.3, -0.25) is 4.79 Å². The summed E-state index contributed by atoms with van der Waals surface area (Å²) in [5, 5.41) is 10.3. The molecular formula is C10H16N4O. The third-order valence-corrected chi connectivity index (χ3v) is 1.92. The van der Waals surface area contributed by atoms with E-state index < -0.39 is 0 Å². The maximum atomic E-state index is 11.3. The van der Waals surface area contributed by atoms with Crippen LogP contribution >= 0.6 is 0 Å². The first-order valence-corrected chi connectivity index (χ1v) is 4.97. The second-order valence-corrected chi connectivity index (χ2v) is 3.51. The molecule has 0 radical (unpaired) electrons. The lowest BCUT2D eigenvalue weighted by molar-refractivity contribution is -0.121. The number of amides is 1. The van der Waals surface area contributed by atoms with Crippen LogP contribution in [-0.4, -0.2) is 22.1 Å². The van der Waals surface area contributed by atoms with Crippen molar-refractivity contribution in [3.05, 3.63) is 24.0 Å². The minimum atomic E-state index is -0.00190. The van der Waals surface area contributed by atoms with E-state index in [1.165, 1.54) is 0 Å². The van der Waals surface area contributed by atoms with Crippen LogP contribution in [0.1, 0.15) is 25.5 Å². The SMILES string of the molecule is CC(N)CCC(=O)NCc1cccnn1. The Balaban J connectivity index is 2.23. The zero-order valence-electron chi connectivity index (χ0n) is 8.81. The topological polar surface area (TPSA) is 80.9 Å². The number of aromatic nitrogens is 2. The summed E-state index contributed by atoms with van der Waals surface area (Å²) in [5.41, 5.74) is 6.30. The highest BCUT2D eigenvalue weighted by atomic mass is 16.1. The number of nitrogens with two attached hydrogens (primary N) is 1. The Hall–Kier alpha value is -1.49. The van der Waals surface area contributed by atoms with Gasteiger partial charge in [-0.1, -0.05) is 0 Å². The van der Waals surface area contributed by atoms with Crippen LogP contribution in [0.25, 0.3) is 0 Å². The molecule has 3 N–H and O–H groups in total. The van der Waals surface area contributed by atoms with E-state index >= 15 is 0 Å². The van der Waals surface area contributed by atoms with Gasteiger partial charge < -0.3 is 11.1 Å². The Kier molecular flexibility index (Phi) is 4.70. The van der Waals surface area contributed by atoms with Crippen molar-refractivity contribution in [2.75, 3.05) is 0 Å². The molecule has 5 heteroatoms. The van der Waals surface area contributed by atoms with Crippen LogP contribution in [0.2, 0.25) is 0 Å². The number of carbonyl (C=O) groups excluding carboxylic acids is 1. The molecule has 0 saturated carbocycles. The average molecular weight is 208 g/mol. The molecule has 1 unspecified atom stereocenters. The van der Waals surface area contributed by atoms with Crippen LogP contribution in [0.15, 0.2) is 18.3 Å². The molecule has 82 valence electrons. The molecule has 1 rings (SSSR count). The van der Waals surface area contributed by atoms with Crippen molar-refractivity contribution in [3.8, 4) is 0 Å². The van der Waals surface area contributed by atoms with Gasteiger partial charge in [-0.25, -0.2) is 0 Å². The first-order valence-electron chi connectivity index (χ1n) is 4.97. The first-order chi connectivity index (χ1) is 7.18. The zero-order chi connectivity index (χ0) is 11.1. The minimum absolute atomic E-state index is 0.00190. The fraction of sp³-hybridized carbons (Fsp3) is 0.500. The fourth-order valence-corrected chi connectivity index (χ4v) is 1.06. The van der Waals surface area contributed by atoms with Crippen LogP contribution in [0.4, 0.5) is 0 Å². The molecule has 0 saturated heterocycles. The molecule has 0 spiro atoms. The van der Waals surface area contributed by atoms with Gasteiger partial charge in [-0.2, -0.15) is 10.2 Å². The second-order valence-electron chi connectivity index (χ2n) is 3.51. The largest absolute Gasteiger partial charge is 0.350 e. The monoisotopic (exact) mass is 208 g/mol. The number of hydrogen-bond donors (Lipinski definition) is 2. The van der Waals surface area contributed by atoms with Gasteiger partial charge in [0, 0.05) is 18.7 Å². The van der Waals surface area contributed by atoms with Crippen LogP contribution in [0, 0.1) is 0 Å². The molecule has 1 aromatic heterocycles. The zero-order valence-corrected chi connectivity index (χ0v) is 8.81. The average Bonchev–Trinajstić information content (AvgIpc) is 2.25. The van der Waals surface area contributed by atoms with Crippen LogP contribution in [0.5, 0.6) is 0 Å². The van der Waals surface area contributed by atoms with Crippen molar-refractivity contribution in [1.82, 2.24) is 15.5 Å². The summed E-state index contributed by atoms with van der Waals surface area (Å²) in [4.78, 5) is 11.3. The molecule has 0 aliphatic rings. The summed E-state index contributed by atoms with van der Waals surface area (Å²) in [6, 6.07) is 3.67. The van der Waals surface area contributed by atoms with E-state index in [1.54, 1.807) is 12.3 Å². The normalized spacial score (nSPS) is 12.1. The van der Waals surface area contributed by atoms with E-state index in [4.69, 9.17) is 5.73 Å². The predicted molar refractivity (Wildman–Crippen MR) is 56.8 cm³/mol. The summed E-state index contributed by atoms with van der Waals surface area (Å²) < 4.78 is 0. The number of carbonyl (C=O) groups is 1. The molecule has 0 aliphatic heterocycles. The molecule has 1 atom stereocenters. The van der Waals surface area contributed by atoms with Crippen molar-refractivity contribution in [2.24, 2.45) is 5.73 Å². The number of hydrogen-bond acceptors (Lipinski definition) is 4. The molecule has 0 fully saturated rings. The summed E-state index contributed by atoms with van der Waals surface area (Å²) in [5.74, 6) is -0.00190. The molecule has 1 amide bonds. The number of nitrogens with one attached hydrogen (secondary N) is 1. The second kappa shape index (κ2) is 6.08. The van der Waals surface area contributed by atoms with E-state index in [0.717, 1.165) is 5.69 Å². The van der Waals surface area contributed by atoms with Gasteiger partial charge in [0.25, 0.3) is 0 Å². The molecular weight excluding hydrogens is 192 g/mol.